The molecule has 0 amide bonds. The SMILES string of the molecule is Cn1c(-c2ccc(-c3cccc4cccc(-c5ccc(-c6nc7c8ccccc8c8ccccc8c7n6C)cc5)c34)cc2)nc2c3ccccc3c3ccccc3c21. The lowest BCUT2D eigenvalue weighted by atomic mass is 9.91. The normalized spacial score (nSPS) is 12.0. The second-order valence-electron chi connectivity index (χ2n) is 15.4. The monoisotopic (exact) mass is 740 g/mol. The molecule has 0 saturated carbocycles. The van der Waals surface area contributed by atoms with Gasteiger partial charge in [0, 0.05) is 46.8 Å². The van der Waals surface area contributed by atoms with Crippen LogP contribution in [-0.2, 0) is 14.1 Å². The Kier molecular flexibility index (Phi) is 7.02. The van der Waals surface area contributed by atoms with Gasteiger partial charge >= 0.3 is 0 Å². The molecule has 0 aliphatic rings. The van der Waals surface area contributed by atoms with Crippen LogP contribution in [-0.4, -0.2) is 19.1 Å². The molecule has 58 heavy (non-hydrogen) atoms. The Balaban J connectivity index is 0.945. The van der Waals surface area contributed by atoms with Crippen molar-refractivity contribution in [2.45, 2.75) is 0 Å². The molecular formula is C54H36N4. The summed E-state index contributed by atoms with van der Waals surface area (Å²) < 4.78 is 4.52. The molecule has 0 atom stereocenters. The van der Waals surface area contributed by atoms with Gasteiger partial charge in [-0.3, -0.25) is 0 Å². The molecule has 0 radical (unpaired) electrons. The summed E-state index contributed by atoms with van der Waals surface area (Å²) >= 11 is 0. The summed E-state index contributed by atoms with van der Waals surface area (Å²) in [5.41, 5.74) is 11.4. The van der Waals surface area contributed by atoms with Crippen LogP contribution in [0.4, 0.5) is 0 Å². The third kappa shape index (κ3) is 4.69. The van der Waals surface area contributed by atoms with Crippen molar-refractivity contribution < 1.29 is 0 Å². The quantitative estimate of drug-likeness (QED) is 0.168. The van der Waals surface area contributed by atoms with Crippen LogP contribution < -0.4 is 0 Å². The van der Waals surface area contributed by atoms with Crippen molar-refractivity contribution in [3.63, 3.8) is 0 Å². The third-order valence-electron chi connectivity index (χ3n) is 12.3. The smallest absolute Gasteiger partial charge is 0.140 e. The minimum absolute atomic E-state index is 0.962. The van der Waals surface area contributed by atoms with Crippen LogP contribution in [0.3, 0.4) is 0 Å². The fourth-order valence-corrected chi connectivity index (χ4v) is 9.62. The van der Waals surface area contributed by atoms with Crippen LogP contribution in [0, 0.1) is 0 Å². The van der Waals surface area contributed by atoms with Crippen LogP contribution in [0.15, 0.2) is 182 Å². The van der Waals surface area contributed by atoms with Gasteiger partial charge in [-0.1, -0.05) is 182 Å². The van der Waals surface area contributed by atoms with E-state index < -0.39 is 0 Å². The lowest BCUT2D eigenvalue weighted by Crippen LogP contribution is -1.94. The van der Waals surface area contributed by atoms with Crippen molar-refractivity contribution in [3.8, 4) is 45.0 Å². The molecule has 4 heteroatoms. The number of aromatic nitrogens is 4. The van der Waals surface area contributed by atoms with Crippen molar-refractivity contribution in [1.82, 2.24) is 19.1 Å². The molecule has 0 saturated heterocycles. The fraction of sp³-hybridized carbons (Fsp3) is 0.0370. The first-order valence-corrected chi connectivity index (χ1v) is 19.9. The van der Waals surface area contributed by atoms with E-state index in [1.807, 2.05) is 0 Å². The highest BCUT2D eigenvalue weighted by Gasteiger charge is 2.19. The van der Waals surface area contributed by atoms with Crippen LogP contribution in [0.5, 0.6) is 0 Å². The maximum atomic E-state index is 5.30. The minimum Gasteiger partial charge on any atom is -0.327 e. The van der Waals surface area contributed by atoms with Crippen LogP contribution in [0.25, 0.3) is 121 Å². The highest BCUT2D eigenvalue weighted by Crippen LogP contribution is 2.41. The van der Waals surface area contributed by atoms with Gasteiger partial charge < -0.3 is 9.13 Å². The predicted octanol–water partition coefficient (Wildman–Crippen LogP) is 13.9. The molecule has 2 aromatic heterocycles. The molecule has 0 aliphatic carbocycles. The number of imidazole rings is 2. The van der Waals surface area contributed by atoms with E-state index in [0.717, 1.165) is 44.8 Å². The number of benzene rings is 10. The van der Waals surface area contributed by atoms with Gasteiger partial charge in [-0.25, -0.2) is 9.97 Å². The lowest BCUT2D eigenvalue weighted by Gasteiger charge is -2.14. The standard InChI is InChI=1S/C54H36N4/c1-57-51-46-21-9-5-17-42(46)40-15-3-7-19-44(40)49(51)55-53(57)36-29-25-33(26-30-36)38-23-11-13-35-14-12-24-39(48(35)38)34-27-31-37(32-28-34)54-56-50-45-20-8-4-16-41(45)43-18-6-10-22-47(43)52(50)58(54)2/h3-32H,1-2H3. The molecule has 272 valence electrons. The van der Waals surface area contributed by atoms with E-state index in [9.17, 15) is 0 Å². The van der Waals surface area contributed by atoms with E-state index in [2.05, 4.69) is 205 Å². The van der Waals surface area contributed by atoms with E-state index in [1.165, 1.54) is 76.1 Å². The highest BCUT2D eigenvalue weighted by molar-refractivity contribution is 6.25. The molecule has 12 rings (SSSR count). The summed E-state index contributed by atoms with van der Waals surface area (Å²) in [7, 11) is 4.28. The van der Waals surface area contributed by atoms with Crippen LogP contribution >= 0.6 is 0 Å². The molecule has 0 unspecified atom stereocenters. The van der Waals surface area contributed by atoms with Crippen LogP contribution in [0.1, 0.15) is 0 Å². The van der Waals surface area contributed by atoms with Gasteiger partial charge in [0.15, 0.2) is 0 Å². The number of hydrogen-bond acceptors (Lipinski definition) is 2. The first kappa shape index (κ1) is 32.7. The fourth-order valence-electron chi connectivity index (χ4n) is 9.62. The Morgan fingerprint density at radius 2 is 0.638 bits per heavy atom. The first-order valence-electron chi connectivity index (χ1n) is 19.9. The number of rotatable bonds is 4. The maximum absolute atomic E-state index is 5.30. The molecular weight excluding hydrogens is 705 g/mol. The van der Waals surface area contributed by atoms with Crippen molar-refractivity contribution in [3.05, 3.63) is 182 Å². The van der Waals surface area contributed by atoms with Gasteiger partial charge in [-0.2, -0.15) is 0 Å². The average Bonchev–Trinajstić information content (AvgIpc) is 3.83. The Hall–Kier alpha value is -7.56. The van der Waals surface area contributed by atoms with Crippen molar-refractivity contribution in [2.24, 2.45) is 14.1 Å². The second-order valence-corrected chi connectivity index (χ2v) is 15.4. The number of fused-ring (bicyclic) bond motifs is 13. The van der Waals surface area contributed by atoms with E-state index in [4.69, 9.17) is 9.97 Å². The van der Waals surface area contributed by atoms with E-state index >= 15 is 0 Å². The number of hydrogen-bond donors (Lipinski definition) is 0. The van der Waals surface area contributed by atoms with Crippen molar-refractivity contribution >= 4 is 75.9 Å². The van der Waals surface area contributed by atoms with Gasteiger partial charge in [0.05, 0.1) is 22.1 Å². The van der Waals surface area contributed by atoms with Crippen LogP contribution in [0.2, 0.25) is 0 Å². The molecule has 12 aromatic rings. The topological polar surface area (TPSA) is 35.6 Å². The van der Waals surface area contributed by atoms with Crippen molar-refractivity contribution in [2.75, 3.05) is 0 Å². The van der Waals surface area contributed by atoms with Gasteiger partial charge in [0.1, 0.15) is 11.6 Å². The van der Waals surface area contributed by atoms with E-state index in [1.54, 1.807) is 0 Å². The molecule has 2 heterocycles. The van der Waals surface area contributed by atoms with Gasteiger partial charge in [-0.15, -0.1) is 0 Å². The largest absolute Gasteiger partial charge is 0.327 e. The maximum Gasteiger partial charge on any atom is 0.140 e. The van der Waals surface area contributed by atoms with Gasteiger partial charge in [-0.05, 0) is 54.6 Å². The number of nitrogens with zero attached hydrogens (tertiary/aromatic N) is 4. The average molecular weight is 741 g/mol. The molecule has 10 aromatic carbocycles. The first-order chi connectivity index (χ1) is 28.6. The Bertz CT molecular complexity index is 3390. The summed E-state index contributed by atoms with van der Waals surface area (Å²) in [4.78, 5) is 10.6. The summed E-state index contributed by atoms with van der Waals surface area (Å²) in [5, 5.41) is 12.2. The Morgan fingerprint density at radius 1 is 0.310 bits per heavy atom. The Labute approximate surface area is 334 Å². The third-order valence-corrected chi connectivity index (χ3v) is 12.3. The zero-order valence-electron chi connectivity index (χ0n) is 32.1. The Morgan fingerprint density at radius 3 is 1.03 bits per heavy atom. The summed E-state index contributed by atoms with van der Waals surface area (Å²) in [6.45, 7) is 0. The summed E-state index contributed by atoms with van der Waals surface area (Å²) in [6, 6.07) is 65.7. The highest BCUT2D eigenvalue weighted by atomic mass is 15.1. The molecule has 4 nitrogen and oxygen atoms in total. The van der Waals surface area contributed by atoms with E-state index in [-0.39, 0.29) is 0 Å². The minimum atomic E-state index is 0.962. The summed E-state index contributed by atoms with van der Waals surface area (Å²) in [5.74, 6) is 1.92. The molecule has 0 N–H and O–H groups in total. The summed E-state index contributed by atoms with van der Waals surface area (Å²) in [6.07, 6.45) is 0. The lowest BCUT2D eigenvalue weighted by molar-refractivity contribution is 0.962. The van der Waals surface area contributed by atoms with Gasteiger partial charge in [0.25, 0.3) is 0 Å². The van der Waals surface area contributed by atoms with E-state index in [0.29, 0.717) is 0 Å². The zero-order valence-corrected chi connectivity index (χ0v) is 32.1. The predicted molar refractivity (Wildman–Crippen MR) is 244 cm³/mol. The number of aryl methyl sites for hydroxylation is 2. The molecule has 0 bridgehead atoms. The van der Waals surface area contributed by atoms with Crippen molar-refractivity contribution in [1.29, 1.82) is 0 Å². The molecule has 0 spiro atoms. The second kappa shape index (κ2) is 12.5. The zero-order chi connectivity index (χ0) is 38.5. The molecule has 0 aliphatic heterocycles. The van der Waals surface area contributed by atoms with Gasteiger partial charge in [0.2, 0.25) is 0 Å². The molecule has 0 fully saturated rings.